The maximum absolute atomic E-state index is 6.25. The zero-order valence-electron chi connectivity index (χ0n) is 10.2. The van der Waals surface area contributed by atoms with Gasteiger partial charge >= 0.3 is 0 Å². The predicted octanol–water partition coefficient (Wildman–Crippen LogP) is 1.44. The fourth-order valence-electron chi connectivity index (χ4n) is 1.85. The molecule has 0 amide bonds. The van der Waals surface area contributed by atoms with Crippen LogP contribution in [0.15, 0.2) is 24.7 Å². The molecule has 5 heteroatoms. The predicted molar refractivity (Wildman–Crippen MR) is 65.3 cm³/mol. The molecule has 2 N–H and O–H groups in total. The molecule has 0 aliphatic carbocycles. The van der Waals surface area contributed by atoms with Gasteiger partial charge in [0, 0.05) is 18.9 Å². The highest BCUT2D eigenvalue weighted by Crippen LogP contribution is 2.20. The van der Waals surface area contributed by atoms with E-state index in [0.29, 0.717) is 0 Å². The van der Waals surface area contributed by atoms with Crippen molar-refractivity contribution in [1.82, 2.24) is 20.0 Å². The quantitative estimate of drug-likeness (QED) is 0.864. The third-order valence-electron chi connectivity index (χ3n) is 2.82. The molecule has 2 aromatic rings. The lowest BCUT2D eigenvalue weighted by molar-refractivity contribution is 0.543. The molecular formula is C12H17N5. The Hall–Kier alpha value is -1.75. The molecule has 2 heterocycles. The van der Waals surface area contributed by atoms with Crippen molar-refractivity contribution in [3.05, 3.63) is 41.5 Å². The first kappa shape index (κ1) is 11.7. The molecule has 0 aliphatic rings. The number of nitrogens with zero attached hydrogens (tertiary/aromatic N) is 4. The lowest BCUT2D eigenvalue weighted by atomic mass is 10.0. The summed E-state index contributed by atoms with van der Waals surface area (Å²) in [6.07, 6.45) is 6.32. The summed E-state index contributed by atoms with van der Waals surface area (Å²) in [5, 5.41) is 7.98. The van der Waals surface area contributed by atoms with E-state index in [0.717, 1.165) is 29.8 Å². The second-order valence-electron chi connectivity index (χ2n) is 4.09. The summed E-state index contributed by atoms with van der Waals surface area (Å²) in [6.45, 7) is 4.97. The number of hydrogen-bond donors (Lipinski definition) is 1. The number of aryl methyl sites for hydroxylation is 2. The van der Waals surface area contributed by atoms with Crippen LogP contribution < -0.4 is 5.73 Å². The summed E-state index contributed by atoms with van der Waals surface area (Å²) in [6, 6.07) is 1.74. The zero-order chi connectivity index (χ0) is 12.3. The Labute approximate surface area is 101 Å². The molecule has 0 aliphatic heterocycles. The Kier molecular flexibility index (Phi) is 3.49. The summed E-state index contributed by atoms with van der Waals surface area (Å²) in [5.41, 5.74) is 9.34. The molecule has 2 aromatic heterocycles. The molecule has 17 heavy (non-hydrogen) atoms. The van der Waals surface area contributed by atoms with E-state index in [1.807, 2.05) is 23.9 Å². The number of aromatic nitrogens is 4. The van der Waals surface area contributed by atoms with E-state index >= 15 is 0 Å². The van der Waals surface area contributed by atoms with Crippen LogP contribution in [-0.2, 0) is 6.54 Å². The standard InChI is InChI=1S/C12H17N5/c1-3-6-17-11(8-15-16-17)12(13)10-7-14-5-4-9(10)2/h4-5,7-8,12H,3,6,13H2,1-2H3. The van der Waals surface area contributed by atoms with Gasteiger partial charge in [-0.3, -0.25) is 4.98 Å². The third-order valence-corrected chi connectivity index (χ3v) is 2.82. The first-order valence-corrected chi connectivity index (χ1v) is 5.78. The number of rotatable bonds is 4. The van der Waals surface area contributed by atoms with Crippen LogP contribution in [0.2, 0.25) is 0 Å². The van der Waals surface area contributed by atoms with Crippen molar-refractivity contribution in [2.45, 2.75) is 32.9 Å². The Bertz CT molecular complexity index is 491. The van der Waals surface area contributed by atoms with Crippen LogP contribution in [0, 0.1) is 6.92 Å². The zero-order valence-corrected chi connectivity index (χ0v) is 10.2. The van der Waals surface area contributed by atoms with Gasteiger partial charge in [-0.05, 0) is 30.5 Å². The summed E-state index contributed by atoms with van der Waals surface area (Å²) in [4.78, 5) is 4.12. The molecule has 0 fully saturated rings. The van der Waals surface area contributed by atoms with E-state index in [4.69, 9.17) is 5.73 Å². The molecule has 5 nitrogen and oxygen atoms in total. The van der Waals surface area contributed by atoms with E-state index < -0.39 is 0 Å². The van der Waals surface area contributed by atoms with Gasteiger partial charge in [-0.1, -0.05) is 12.1 Å². The van der Waals surface area contributed by atoms with Gasteiger partial charge in [-0.25, -0.2) is 4.68 Å². The van der Waals surface area contributed by atoms with E-state index in [1.165, 1.54) is 0 Å². The highest BCUT2D eigenvalue weighted by molar-refractivity contribution is 5.30. The summed E-state index contributed by atoms with van der Waals surface area (Å²) < 4.78 is 1.86. The number of hydrogen-bond acceptors (Lipinski definition) is 4. The van der Waals surface area contributed by atoms with Crippen LogP contribution in [0.1, 0.15) is 36.2 Å². The molecule has 0 spiro atoms. The van der Waals surface area contributed by atoms with Crippen LogP contribution in [0.25, 0.3) is 0 Å². The van der Waals surface area contributed by atoms with Crippen LogP contribution >= 0.6 is 0 Å². The first-order valence-electron chi connectivity index (χ1n) is 5.78. The van der Waals surface area contributed by atoms with Crippen molar-refractivity contribution in [1.29, 1.82) is 0 Å². The second-order valence-corrected chi connectivity index (χ2v) is 4.09. The molecular weight excluding hydrogens is 214 g/mol. The first-order chi connectivity index (χ1) is 8.24. The van der Waals surface area contributed by atoms with Crippen LogP contribution in [-0.4, -0.2) is 20.0 Å². The molecule has 0 radical (unpaired) electrons. The van der Waals surface area contributed by atoms with Crippen LogP contribution in [0.5, 0.6) is 0 Å². The summed E-state index contributed by atoms with van der Waals surface area (Å²) in [5.74, 6) is 0. The Morgan fingerprint density at radius 1 is 1.41 bits per heavy atom. The molecule has 0 saturated heterocycles. The number of pyridine rings is 1. The SMILES string of the molecule is CCCn1nncc1C(N)c1cnccc1C. The van der Waals surface area contributed by atoms with Crippen LogP contribution in [0.4, 0.5) is 0 Å². The molecule has 1 unspecified atom stereocenters. The average Bonchev–Trinajstić information content (AvgIpc) is 2.78. The summed E-state index contributed by atoms with van der Waals surface area (Å²) >= 11 is 0. The Balaban J connectivity index is 2.34. The fourth-order valence-corrected chi connectivity index (χ4v) is 1.85. The van der Waals surface area contributed by atoms with Crippen molar-refractivity contribution >= 4 is 0 Å². The van der Waals surface area contributed by atoms with Gasteiger partial charge < -0.3 is 5.73 Å². The van der Waals surface area contributed by atoms with Crippen molar-refractivity contribution in [2.75, 3.05) is 0 Å². The lowest BCUT2D eigenvalue weighted by Crippen LogP contribution is -2.18. The van der Waals surface area contributed by atoms with E-state index in [9.17, 15) is 0 Å². The van der Waals surface area contributed by atoms with Crippen molar-refractivity contribution in [3.8, 4) is 0 Å². The molecule has 1 atom stereocenters. The van der Waals surface area contributed by atoms with Gasteiger partial charge in [-0.2, -0.15) is 0 Å². The maximum atomic E-state index is 6.25. The van der Waals surface area contributed by atoms with Gasteiger partial charge in [-0.15, -0.1) is 5.10 Å². The molecule has 0 saturated carbocycles. The highest BCUT2D eigenvalue weighted by atomic mass is 15.4. The summed E-state index contributed by atoms with van der Waals surface area (Å²) in [7, 11) is 0. The lowest BCUT2D eigenvalue weighted by Gasteiger charge is -2.14. The van der Waals surface area contributed by atoms with Gasteiger partial charge in [0.15, 0.2) is 0 Å². The van der Waals surface area contributed by atoms with Crippen LogP contribution in [0.3, 0.4) is 0 Å². The van der Waals surface area contributed by atoms with Gasteiger partial charge in [0.2, 0.25) is 0 Å². The third kappa shape index (κ3) is 2.34. The molecule has 0 aromatic carbocycles. The normalized spacial score (nSPS) is 12.6. The van der Waals surface area contributed by atoms with E-state index in [1.54, 1.807) is 12.4 Å². The topological polar surface area (TPSA) is 69.6 Å². The smallest absolute Gasteiger partial charge is 0.0800 e. The second kappa shape index (κ2) is 5.05. The largest absolute Gasteiger partial charge is 0.319 e. The number of nitrogens with two attached hydrogens (primary N) is 1. The molecule has 2 rings (SSSR count). The minimum Gasteiger partial charge on any atom is -0.319 e. The average molecular weight is 231 g/mol. The molecule has 90 valence electrons. The monoisotopic (exact) mass is 231 g/mol. The molecule has 0 bridgehead atoms. The van der Waals surface area contributed by atoms with Crippen molar-refractivity contribution in [3.63, 3.8) is 0 Å². The maximum Gasteiger partial charge on any atom is 0.0800 e. The van der Waals surface area contributed by atoms with Crippen molar-refractivity contribution < 1.29 is 0 Å². The van der Waals surface area contributed by atoms with Gasteiger partial charge in [0.25, 0.3) is 0 Å². The van der Waals surface area contributed by atoms with Gasteiger partial charge in [0.1, 0.15) is 0 Å². The minimum absolute atomic E-state index is 0.217. The Morgan fingerprint density at radius 2 is 2.24 bits per heavy atom. The minimum atomic E-state index is -0.217. The van der Waals surface area contributed by atoms with Crippen molar-refractivity contribution in [2.24, 2.45) is 5.73 Å². The van der Waals surface area contributed by atoms with Gasteiger partial charge in [0.05, 0.1) is 17.9 Å². The van der Waals surface area contributed by atoms with E-state index in [2.05, 4.69) is 22.2 Å². The van der Waals surface area contributed by atoms with E-state index in [-0.39, 0.29) is 6.04 Å². The Morgan fingerprint density at radius 3 is 2.94 bits per heavy atom. The highest BCUT2D eigenvalue weighted by Gasteiger charge is 2.16. The fraction of sp³-hybridized carbons (Fsp3) is 0.417.